The summed E-state index contributed by atoms with van der Waals surface area (Å²) in [6.45, 7) is 10.9. The minimum atomic E-state index is -0.189. The van der Waals surface area contributed by atoms with Crippen molar-refractivity contribution in [3.8, 4) is 5.75 Å². The number of aromatic amines is 1. The monoisotopic (exact) mass is 401 g/mol. The highest BCUT2D eigenvalue weighted by molar-refractivity contribution is 7.18. The van der Waals surface area contributed by atoms with Crippen molar-refractivity contribution < 1.29 is 4.74 Å². The number of rotatable bonds is 7. The van der Waals surface area contributed by atoms with Crippen LogP contribution in [0, 0.1) is 5.92 Å². The highest BCUT2D eigenvalue weighted by Crippen LogP contribution is 2.24. The molecule has 6 nitrogen and oxygen atoms in total. The smallest absolute Gasteiger partial charge is 0.262 e. The van der Waals surface area contributed by atoms with Crippen LogP contribution in [-0.4, -0.2) is 21.1 Å². The molecule has 3 heterocycles. The van der Waals surface area contributed by atoms with E-state index in [0.29, 0.717) is 29.4 Å². The van der Waals surface area contributed by atoms with Crippen LogP contribution in [0.5, 0.6) is 5.75 Å². The molecule has 0 saturated heterocycles. The van der Waals surface area contributed by atoms with E-state index in [1.54, 1.807) is 22.1 Å². The lowest BCUT2D eigenvalue weighted by atomic mass is 10.2. The third kappa shape index (κ3) is 4.19. The van der Waals surface area contributed by atoms with Gasteiger partial charge in [-0.1, -0.05) is 34.6 Å². The molecular formula is C21H27N3O3S. The van der Waals surface area contributed by atoms with Gasteiger partial charge in [0, 0.05) is 28.8 Å². The molecule has 0 saturated carbocycles. The lowest BCUT2D eigenvalue weighted by Gasteiger charge is -2.15. The van der Waals surface area contributed by atoms with Crippen LogP contribution in [0.25, 0.3) is 10.2 Å². The van der Waals surface area contributed by atoms with Gasteiger partial charge in [0.15, 0.2) is 5.75 Å². The van der Waals surface area contributed by atoms with Crippen LogP contribution >= 0.6 is 11.3 Å². The standard InChI is InChI=1S/C21H27N3O3S/c1-6-15-8-16-20(28-15)23-19(13(4)5)24(21(16)26)10-14-7-17(25)18(9-22-14)27-11-12(2)3/h7-9,12-13H,6,10-11H2,1-5H3,(H,22,25). The van der Waals surface area contributed by atoms with Crippen molar-refractivity contribution in [2.45, 2.75) is 53.5 Å². The Bertz CT molecular complexity index is 1090. The quantitative estimate of drug-likeness (QED) is 0.651. The van der Waals surface area contributed by atoms with Gasteiger partial charge in [-0.25, -0.2) is 4.98 Å². The van der Waals surface area contributed by atoms with Crippen molar-refractivity contribution in [1.82, 2.24) is 14.5 Å². The van der Waals surface area contributed by atoms with Gasteiger partial charge in [-0.15, -0.1) is 11.3 Å². The summed E-state index contributed by atoms with van der Waals surface area (Å²) in [6, 6.07) is 3.43. The van der Waals surface area contributed by atoms with Crippen molar-refractivity contribution in [3.05, 3.63) is 55.3 Å². The highest BCUT2D eigenvalue weighted by atomic mass is 32.1. The number of fused-ring (bicyclic) bond motifs is 1. The number of hydrogen-bond acceptors (Lipinski definition) is 5. The van der Waals surface area contributed by atoms with Gasteiger partial charge in [-0.2, -0.15) is 0 Å². The fraction of sp³-hybridized carbons (Fsp3) is 0.476. The van der Waals surface area contributed by atoms with E-state index < -0.39 is 0 Å². The molecule has 1 N–H and O–H groups in total. The third-order valence-corrected chi connectivity index (χ3v) is 5.61. The van der Waals surface area contributed by atoms with Gasteiger partial charge in [-0.05, 0) is 18.4 Å². The van der Waals surface area contributed by atoms with Gasteiger partial charge in [0.1, 0.15) is 10.7 Å². The molecule has 0 aliphatic rings. The molecule has 3 aromatic rings. The molecule has 3 aromatic heterocycles. The Morgan fingerprint density at radius 2 is 1.96 bits per heavy atom. The molecule has 0 aliphatic carbocycles. The van der Waals surface area contributed by atoms with Gasteiger partial charge in [-0.3, -0.25) is 14.2 Å². The van der Waals surface area contributed by atoms with Crippen LogP contribution in [0.15, 0.2) is 27.9 Å². The van der Waals surface area contributed by atoms with Crippen LogP contribution in [0.4, 0.5) is 0 Å². The van der Waals surface area contributed by atoms with Gasteiger partial charge < -0.3 is 9.72 Å². The molecule has 0 radical (unpaired) electrons. The Morgan fingerprint density at radius 1 is 1.21 bits per heavy atom. The molecular weight excluding hydrogens is 374 g/mol. The topological polar surface area (TPSA) is 77.0 Å². The van der Waals surface area contributed by atoms with Gasteiger partial charge in [0.05, 0.1) is 18.5 Å². The first-order valence-corrected chi connectivity index (χ1v) is 10.5. The summed E-state index contributed by atoms with van der Waals surface area (Å²) >= 11 is 1.57. The Labute approximate surface area is 168 Å². The SMILES string of the molecule is CCc1cc2c(=O)n(Cc3cc(=O)c(OCC(C)C)c[nH]3)c(C(C)C)nc2s1. The Kier molecular flexibility index (Phi) is 6.03. The molecule has 7 heteroatoms. The summed E-state index contributed by atoms with van der Waals surface area (Å²) in [5.74, 6) is 1.45. The first-order valence-electron chi connectivity index (χ1n) is 9.67. The van der Waals surface area contributed by atoms with E-state index in [1.807, 2.05) is 33.8 Å². The summed E-state index contributed by atoms with van der Waals surface area (Å²) in [5, 5.41) is 0.644. The molecule has 3 rings (SSSR count). The van der Waals surface area contributed by atoms with E-state index in [1.165, 1.54) is 6.07 Å². The number of nitrogens with one attached hydrogen (secondary N) is 1. The predicted molar refractivity (Wildman–Crippen MR) is 114 cm³/mol. The van der Waals surface area contributed by atoms with Crippen LogP contribution in [0.3, 0.4) is 0 Å². The zero-order chi connectivity index (χ0) is 20.4. The molecule has 0 atom stereocenters. The fourth-order valence-electron chi connectivity index (χ4n) is 2.98. The largest absolute Gasteiger partial charge is 0.488 e. The lowest BCUT2D eigenvalue weighted by Crippen LogP contribution is -2.27. The normalized spacial score (nSPS) is 11.7. The second kappa shape index (κ2) is 8.31. The first kappa shape index (κ1) is 20.3. The van der Waals surface area contributed by atoms with Crippen LogP contribution in [0.2, 0.25) is 0 Å². The van der Waals surface area contributed by atoms with E-state index in [0.717, 1.165) is 22.0 Å². The molecule has 0 spiro atoms. The summed E-state index contributed by atoms with van der Waals surface area (Å²) < 4.78 is 7.20. The van der Waals surface area contributed by atoms with Crippen LogP contribution in [0.1, 0.15) is 56.9 Å². The van der Waals surface area contributed by atoms with Crippen molar-refractivity contribution in [2.24, 2.45) is 5.92 Å². The average molecular weight is 402 g/mol. The van der Waals surface area contributed by atoms with E-state index >= 15 is 0 Å². The predicted octanol–water partition coefficient (Wildman–Crippen LogP) is 3.92. The van der Waals surface area contributed by atoms with E-state index in [4.69, 9.17) is 9.72 Å². The maximum atomic E-state index is 13.1. The molecule has 0 fully saturated rings. The zero-order valence-corrected chi connectivity index (χ0v) is 17.9. The summed E-state index contributed by atoms with van der Waals surface area (Å²) in [7, 11) is 0. The maximum Gasteiger partial charge on any atom is 0.262 e. The lowest BCUT2D eigenvalue weighted by molar-refractivity contribution is 0.267. The van der Waals surface area contributed by atoms with Crippen molar-refractivity contribution in [3.63, 3.8) is 0 Å². The molecule has 150 valence electrons. The van der Waals surface area contributed by atoms with E-state index in [2.05, 4.69) is 11.9 Å². The van der Waals surface area contributed by atoms with Crippen molar-refractivity contribution in [1.29, 1.82) is 0 Å². The molecule has 0 amide bonds. The second-order valence-corrected chi connectivity index (χ2v) is 8.81. The second-order valence-electron chi connectivity index (χ2n) is 7.69. The molecule has 0 bridgehead atoms. The number of ether oxygens (including phenoxy) is 1. The molecule has 0 unspecified atom stereocenters. The number of aromatic nitrogens is 3. The Morgan fingerprint density at radius 3 is 2.57 bits per heavy atom. The van der Waals surface area contributed by atoms with E-state index in [9.17, 15) is 9.59 Å². The first-order chi connectivity index (χ1) is 13.3. The summed E-state index contributed by atoms with van der Waals surface area (Å²) in [4.78, 5) is 35.3. The van der Waals surface area contributed by atoms with Gasteiger partial charge in [0.2, 0.25) is 5.43 Å². The number of aryl methyl sites for hydroxylation is 1. The molecule has 0 aliphatic heterocycles. The molecule has 28 heavy (non-hydrogen) atoms. The van der Waals surface area contributed by atoms with E-state index in [-0.39, 0.29) is 23.5 Å². The number of thiophene rings is 1. The fourth-order valence-corrected chi connectivity index (χ4v) is 3.95. The number of nitrogens with zero attached hydrogens (tertiary/aromatic N) is 2. The molecule has 0 aromatic carbocycles. The Balaban J connectivity index is 2.00. The summed E-state index contributed by atoms with van der Waals surface area (Å²) in [5.41, 5.74) is 0.398. The minimum absolute atomic E-state index is 0.0642. The highest BCUT2D eigenvalue weighted by Gasteiger charge is 2.17. The maximum absolute atomic E-state index is 13.1. The number of pyridine rings is 1. The third-order valence-electron chi connectivity index (χ3n) is 4.43. The van der Waals surface area contributed by atoms with Crippen molar-refractivity contribution >= 4 is 21.6 Å². The summed E-state index contributed by atoms with van der Waals surface area (Å²) in [6.07, 6.45) is 2.45. The van der Waals surface area contributed by atoms with Crippen LogP contribution in [-0.2, 0) is 13.0 Å². The average Bonchev–Trinajstić information content (AvgIpc) is 3.06. The van der Waals surface area contributed by atoms with Gasteiger partial charge in [0.25, 0.3) is 5.56 Å². The Hall–Kier alpha value is -2.41. The number of H-pyrrole nitrogens is 1. The number of hydrogen-bond donors (Lipinski definition) is 1. The van der Waals surface area contributed by atoms with Gasteiger partial charge >= 0.3 is 0 Å². The zero-order valence-electron chi connectivity index (χ0n) is 17.0. The van der Waals surface area contributed by atoms with Crippen LogP contribution < -0.4 is 15.7 Å². The van der Waals surface area contributed by atoms with Crippen molar-refractivity contribution in [2.75, 3.05) is 6.61 Å². The minimum Gasteiger partial charge on any atom is -0.488 e.